The molecule has 0 saturated heterocycles. The van der Waals surface area contributed by atoms with Crippen LogP contribution < -0.4 is 10.5 Å². The molecule has 3 rings (SSSR count). The lowest BCUT2D eigenvalue weighted by molar-refractivity contribution is 0.601. The number of sulfonamides is 1. The Morgan fingerprint density at radius 1 is 0.952 bits per heavy atom. The molecule has 0 fully saturated rings. The van der Waals surface area contributed by atoms with E-state index in [0.29, 0.717) is 16.7 Å². The van der Waals surface area contributed by atoms with E-state index in [1.165, 1.54) is 18.3 Å². The molecule has 0 unspecified atom stereocenters. The first kappa shape index (κ1) is 13.3. The molecule has 8 heteroatoms. The Balaban J connectivity index is 1.95. The van der Waals surface area contributed by atoms with E-state index >= 15 is 0 Å². The number of nitrogen functional groups attached to an aromatic ring is 1. The summed E-state index contributed by atoms with van der Waals surface area (Å²) in [5.41, 5.74) is 7.14. The van der Waals surface area contributed by atoms with E-state index in [1.54, 1.807) is 30.6 Å². The van der Waals surface area contributed by atoms with Gasteiger partial charge in [-0.25, -0.2) is 13.4 Å². The molecule has 7 nitrogen and oxygen atoms in total. The van der Waals surface area contributed by atoms with E-state index in [2.05, 4.69) is 19.7 Å². The van der Waals surface area contributed by atoms with Gasteiger partial charge in [0.05, 0.1) is 16.7 Å². The summed E-state index contributed by atoms with van der Waals surface area (Å²) in [5, 5.41) is 0. The van der Waals surface area contributed by atoms with Crippen LogP contribution in [0.2, 0.25) is 0 Å². The van der Waals surface area contributed by atoms with Gasteiger partial charge in [0, 0.05) is 18.6 Å². The Kier molecular flexibility index (Phi) is 3.15. The number of nitrogens with two attached hydrogens (primary N) is 1. The van der Waals surface area contributed by atoms with Crippen molar-refractivity contribution in [1.29, 1.82) is 0 Å². The molecule has 0 aliphatic rings. The molecule has 1 aromatic carbocycles. The highest BCUT2D eigenvalue weighted by molar-refractivity contribution is 7.92. The molecule has 0 atom stereocenters. The van der Waals surface area contributed by atoms with Crippen LogP contribution in [0.1, 0.15) is 0 Å². The minimum Gasteiger partial charge on any atom is -0.384 e. The van der Waals surface area contributed by atoms with Crippen molar-refractivity contribution < 1.29 is 8.42 Å². The average molecular weight is 301 g/mol. The maximum Gasteiger partial charge on any atom is 0.263 e. The number of rotatable bonds is 3. The van der Waals surface area contributed by atoms with Gasteiger partial charge in [0.2, 0.25) is 0 Å². The predicted octanol–water partition coefficient (Wildman–Crippen LogP) is 1.41. The van der Waals surface area contributed by atoms with Gasteiger partial charge < -0.3 is 5.73 Å². The monoisotopic (exact) mass is 301 g/mol. The van der Waals surface area contributed by atoms with Crippen LogP contribution in [0.3, 0.4) is 0 Å². The summed E-state index contributed by atoms with van der Waals surface area (Å²) in [5.74, 6) is 0.259. The third-order valence-corrected chi connectivity index (χ3v) is 4.16. The maximum atomic E-state index is 12.2. The quantitative estimate of drug-likeness (QED) is 0.756. The molecule has 2 heterocycles. The van der Waals surface area contributed by atoms with Gasteiger partial charge >= 0.3 is 0 Å². The fourth-order valence-electron chi connectivity index (χ4n) is 1.79. The maximum absolute atomic E-state index is 12.2. The second kappa shape index (κ2) is 4.98. The SMILES string of the molecule is Nc1ccc(S(=O)(=O)Nc2ccc3nccnc3c2)cn1. The van der Waals surface area contributed by atoms with Gasteiger partial charge in [0.25, 0.3) is 10.0 Å². The zero-order valence-corrected chi connectivity index (χ0v) is 11.6. The van der Waals surface area contributed by atoms with Crippen LogP contribution in [0.5, 0.6) is 0 Å². The lowest BCUT2D eigenvalue weighted by Gasteiger charge is -2.08. The Bertz CT molecular complexity index is 894. The van der Waals surface area contributed by atoms with Crippen molar-refractivity contribution in [2.45, 2.75) is 4.90 Å². The Labute approximate surface area is 120 Å². The lowest BCUT2D eigenvalue weighted by Crippen LogP contribution is -2.13. The number of hydrogen-bond donors (Lipinski definition) is 2. The highest BCUT2D eigenvalue weighted by Gasteiger charge is 2.14. The number of hydrogen-bond acceptors (Lipinski definition) is 6. The van der Waals surface area contributed by atoms with Crippen LogP contribution >= 0.6 is 0 Å². The zero-order valence-electron chi connectivity index (χ0n) is 10.8. The smallest absolute Gasteiger partial charge is 0.263 e. The first-order valence-corrected chi connectivity index (χ1v) is 7.48. The fraction of sp³-hybridized carbons (Fsp3) is 0. The molecule has 0 radical (unpaired) electrons. The number of nitrogens with zero attached hydrogens (tertiary/aromatic N) is 3. The lowest BCUT2D eigenvalue weighted by atomic mass is 10.3. The minimum atomic E-state index is -3.71. The fourth-order valence-corrected chi connectivity index (χ4v) is 2.79. The molecule has 0 aliphatic carbocycles. The van der Waals surface area contributed by atoms with Crippen molar-refractivity contribution in [2.24, 2.45) is 0 Å². The molecule has 3 aromatic rings. The molecule has 2 aromatic heterocycles. The highest BCUT2D eigenvalue weighted by atomic mass is 32.2. The Morgan fingerprint density at radius 3 is 2.43 bits per heavy atom. The average Bonchev–Trinajstić information content (AvgIpc) is 2.47. The van der Waals surface area contributed by atoms with Crippen LogP contribution in [0.4, 0.5) is 11.5 Å². The third-order valence-electron chi connectivity index (χ3n) is 2.79. The van der Waals surface area contributed by atoms with Gasteiger partial charge in [-0.05, 0) is 30.3 Å². The van der Waals surface area contributed by atoms with Crippen LogP contribution in [0, 0.1) is 0 Å². The number of pyridine rings is 1. The molecule has 106 valence electrons. The topological polar surface area (TPSA) is 111 Å². The molecular formula is C13H11N5O2S. The Morgan fingerprint density at radius 2 is 1.71 bits per heavy atom. The van der Waals surface area contributed by atoms with Crippen LogP contribution in [-0.4, -0.2) is 23.4 Å². The van der Waals surface area contributed by atoms with Crippen LogP contribution in [0.25, 0.3) is 11.0 Å². The summed E-state index contributed by atoms with van der Waals surface area (Å²) in [7, 11) is -3.71. The van der Waals surface area contributed by atoms with Gasteiger partial charge in [0.15, 0.2) is 0 Å². The minimum absolute atomic E-state index is 0.0379. The van der Waals surface area contributed by atoms with E-state index < -0.39 is 10.0 Å². The molecule has 21 heavy (non-hydrogen) atoms. The number of benzene rings is 1. The van der Waals surface area contributed by atoms with E-state index in [9.17, 15) is 8.42 Å². The van der Waals surface area contributed by atoms with Crippen molar-refractivity contribution in [2.75, 3.05) is 10.5 Å². The number of fused-ring (bicyclic) bond motifs is 1. The summed E-state index contributed by atoms with van der Waals surface area (Å²) in [6, 6.07) is 7.76. The van der Waals surface area contributed by atoms with Crippen LogP contribution in [0.15, 0.2) is 53.8 Å². The van der Waals surface area contributed by atoms with Gasteiger partial charge in [-0.3, -0.25) is 14.7 Å². The standard InChI is InChI=1S/C13H11N5O2S/c14-13-4-2-10(8-17-13)21(19,20)18-9-1-3-11-12(7-9)16-6-5-15-11/h1-8,18H,(H2,14,17). The van der Waals surface area contributed by atoms with Gasteiger partial charge in [0.1, 0.15) is 10.7 Å². The predicted molar refractivity (Wildman–Crippen MR) is 79.0 cm³/mol. The van der Waals surface area contributed by atoms with Crippen molar-refractivity contribution in [3.63, 3.8) is 0 Å². The molecule has 0 amide bonds. The van der Waals surface area contributed by atoms with Gasteiger partial charge in [-0.15, -0.1) is 0 Å². The summed E-state index contributed by atoms with van der Waals surface area (Å²) < 4.78 is 26.9. The van der Waals surface area contributed by atoms with E-state index in [-0.39, 0.29) is 10.7 Å². The van der Waals surface area contributed by atoms with Crippen molar-refractivity contribution in [1.82, 2.24) is 15.0 Å². The Hall–Kier alpha value is -2.74. The van der Waals surface area contributed by atoms with Crippen molar-refractivity contribution in [3.8, 4) is 0 Å². The summed E-state index contributed by atoms with van der Waals surface area (Å²) in [4.78, 5) is 12.1. The second-order valence-electron chi connectivity index (χ2n) is 4.28. The normalized spacial score (nSPS) is 11.4. The third kappa shape index (κ3) is 2.75. The van der Waals surface area contributed by atoms with E-state index in [1.807, 2.05) is 0 Å². The summed E-state index contributed by atoms with van der Waals surface area (Å²) in [6.07, 6.45) is 4.33. The molecule has 0 saturated carbocycles. The number of nitrogens with one attached hydrogen (secondary N) is 1. The molecule has 0 spiro atoms. The van der Waals surface area contributed by atoms with Gasteiger partial charge in [-0.1, -0.05) is 0 Å². The highest BCUT2D eigenvalue weighted by Crippen LogP contribution is 2.19. The second-order valence-corrected chi connectivity index (χ2v) is 5.97. The first-order chi connectivity index (χ1) is 10.0. The first-order valence-electron chi connectivity index (χ1n) is 6.00. The van der Waals surface area contributed by atoms with E-state index in [4.69, 9.17) is 5.73 Å². The summed E-state index contributed by atoms with van der Waals surface area (Å²) >= 11 is 0. The molecule has 0 bridgehead atoms. The van der Waals surface area contributed by atoms with Crippen LogP contribution in [-0.2, 0) is 10.0 Å². The molecule has 0 aliphatic heterocycles. The van der Waals surface area contributed by atoms with Crippen molar-refractivity contribution >= 4 is 32.6 Å². The zero-order chi connectivity index (χ0) is 14.9. The largest absolute Gasteiger partial charge is 0.384 e. The van der Waals surface area contributed by atoms with Gasteiger partial charge in [-0.2, -0.15) is 0 Å². The molecular weight excluding hydrogens is 290 g/mol. The van der Waals surface area contributed by atoms with E-state index in [0.717, 1.165) is 0 Å². The number of anilines is 2. The number of aromatic nitrogens is 3. The summed E-state index contributed by atoms with van der Waals surface area (Å²) in [6.45, 7) is 0. The van der Waals surface area contributed by atoms with Crippen molar-refractivity contribution in [3.05, 3.63) is 48.9 Å². The molecule has 3 N–H and O–H groups in total.